The van der Waals surface area contributed by atoms with Gasteiger partial charge in [0.05, 0.1) is 6.04 Å². The first-order chi connectivity index (χ1) is 13.6. The summed E-state index contributed by atoms with van der Waals surface area (Å²) >= 11 is 0. The second kappa shape index (κ2) is 9.12. The van der Waals surface area contributed by atoms with Crippen LogP contribution in [0.2, 0.25) is 0 Å². The number of rotatable bonds is 8. The van der Waals surface area contributed by atoms with Gasteiger partial charge in [0.2, 0.25) is 0 Å². The third-order valence-electron chi connectivity index (χ3n) is 4.40. The van der Waals surface area contributed by atoms with E-state index in [4.69, 9.17) is 4.74 Å². The summed E-state index contributed by atoms with van der Waals surface area (Å²) in [6, 6.07) is 17.3. The van der Waals surface area contributed by atoms with Crippen LogP contribution in [0, 0.1) is 0 Å². The molecule has 3 rings (SSSR count). The van der Waals surface area contributed by atoms with Crippen LogP contribution >= 0.6 is 0 Å². The summed E-state index contributed by atoms with van der Waals surface area (Å²) < 4.78 is 7.49. The first kappa shape index (κ1) is 19.5. The van der Waals surface area contributed by atoms with Crippen LogP contribution in [-0.2, 0) is 13.2 Å². The summed E-state index contributed by atoms with van der Waals surface area (Å²) in [6.45, 7) is 7.51. The summed E-state index contributed by atoms with van der Waals surface area (Å²) in [7, 11) is 0. The van der Waals surface area contributed by atoms with E-state index in [2.05, 4.69) is 15.5 Å². The Balaban J connectivity index is 1.62. The Bertz CT molecular complexity index is 891. The third-order valence-corrected chi connectivity index (χ3v) is 4.40. The Hall–Kier alpha value is -3.22. The van der Waals surface area contributed by atoms with Gasteiger partial charge in [0, 0.05) is 18.7 Å². The fourth-order valence-electron chi connectivity index (χ4n) is 2.86. The van der Waals surface area contributed by atoms with Crippen molar-refractivity contribution in [2.75, 3.05) is 6.54 Å². The lowest BCUT2D eigenvalue weighted by Crippen LogP contribution is -2.30. The zero-order chi connectivity index (χ0) is 19.9. The summed E-state index contributed by atoms with van der Waals surface area (Å²) in [5, 5.41) is 11.6. The molecule has 7 heteroatoms. The Labute approximate surface area is 164 Å². The van der Waals surface area contributed by atoms with Crippen LogP contribution in [0.5, 0.6) is 5.75 Å². The van der Waals surface area contributed by atoms with E-state index >= 15 is 0 Å². The molecule has 0 aliphatic heterocycles. The molecule has 0 fully saturated rings. The topological polar surface area (TPSA) is 73.1 Å². The zero-order valence-electron chi connectivity index (χ0n) is 16.4. The highest BCUT2D eigenvalue weighted by molar-refractivity contribution is 5.94. The maximum atomic E-state index is 12.8. The highest BCUT2D eigenvalue weighted by Gasteiger charge is 2.15. The molecule has 0 saturated carbocycles. The number of carbonyl (C=O) groups excluding carboxylic acids is 1. The predicted octanol–water partition coefficient (Wildman–Crippen LogP) is 3.50. The molecule has 0 spiro atoms. The number of amides is 1. The van der Waals surface area contributed by atoms with Gasteiger partial charge in [-0.1, -0.05) is 30.3 Å². The molecule has 1 heterocycles. The van der Waals surface area contributed by atoms with Crippen molar-refractivity contribution in [3.05, 3.63) is 71.5 Å². The maximum absolute atomic E-state index is 12.8. The molecule has 3 aromatic rings. The van der Waals surface area contributed by atoms with E-state index in [-0.39, 0.29) is 18.6 Å². The van der Waals surface area contributed by atoms with Crippen molar-refractivity contribution in [2.45, 2.75) is 40.0 Å². The van der Waals surface area contributed by atoms with Gasteiger partial charge in [0.15, 0.2) is 5.82 Å². The minimum atomic E-state index is 0.00153. The van der Waals surface area contributed by atoms with E-state index in [0.29, 0.717) is 30.2 Å². The molecule has 146 valence electrons. The average molecular weight is 379 g/mol. The predicted molar refractivity (Wildman–Crippen MR) is 106 cm³/mol. The number of nitrogens with zero attached hydrogens (tertiary/aromatic N) is 5. The molecule has 0 saturated heterocycles. The SMILES string of the molecule is CCN(Cc1ccccc1)C(=O)c1ccc(OCc2nnnn2C(C)C)cc1. The van der Waals surface area contributed by atoms with Gasteiger partial charge in [0.25, 0.3) is 5.91 Å². The van der Waals surface area contributed by atoms with Crippen molar-refractivity contribution in [1.29, 1.82) is 0 Å². The quantitative estimate of drug-likeness (QED) is 0.599. The fraction of sp³-hybridized carbons (Fsp3) is 0.333. The number of aromatic nitrogens is 4. The molecular weight excluding hydrogens is 354 g/mol. The smallest absolute Gasteiger partial charge is 0.254 e. The Kier molecular flexibility index (Phi) is 6.37. The van der Waals surface area contributed by atoms with Crippen molar-refractivity contribution in [3.63, 3.8) is 0 Å². The number of tetrazole rings is 1. The zero-order valence-corrected chi connectivity index (χ0v) is 16.4. The molecule has 0 atom stereocenters. The summed E-state index contributed by atoms with van der Waals surface area (Å²) in [6.07, 6.45) is 0. The lowest BCUT2D eigenvalue weighted by Gasteiger charge is -2.21. The largest absolute Gasteiger partial charge is 0.486 e. The van der Waals surface area contributed by atoms with E-state index in [0.717, 1.165) is 5.56 Å². The molecular formula is C21H25N5O2. The molecule has 1 aromatic heterocycles. The minimum absolute atomic E-state index is 0.00153. The molecule has 0 N–H and O–H groups in total. The number of hydrogen-bond acceptors (Lipinski definition) is 5. The Morgan fingerprint density at radius 3 is 2.46 bits per heavy atom. The van der Waals surface area contributed by atoms with Gasteiger partial charge in [-0.3, -0.25) is 4.79 Å². The van der Waals surface area contributed by atoms with Gasteiger partial charge < -0.3 is 9.64 Å². The van der Waals surface area contributed by atoms with Crippen molar-refractivity contribution in [3.8, 4) is 5.75 Å². The van der Waals surface area contributed by atoms with Gasteiger partial charge in [-0.25, -0.2) is 4.68 Å². The number of carbonyl (C=O) groups is 1. The monoisotopic (exact) mass is 379 g/mol. The van der Waals surface area contributed by atoms with Crippen LogP contribution in [0.15, 0.2) is 54.6 Å². The van der Waals surface area contributed by atoms with Gasteiger partial charge in [-0.05, 0) is 61.0 Å². The van der Waals surface area contributed by atoms with Crippen LogP contribution in [0.1, 0.15) is 48.6 Å². The van der Waals surface area contributed by atoms with Crippen molar-refractivity contribution in [2.24, 2.45) is 0 Å². The second-order valence-electron chi connectivity index (χ2n) is 6.75. The average Bonchev–Trinajstić information content (AvgIpc) is 3.20. The van der Waals surface area contributed by atoms with Crippen LogP contribution in [0.3, 0.4) is 0 Å². The molecule has 0 aliphatic carbocycles. The summed E-state index contributed by atoms with van der Waals surface area (Å²) in [4.78, 5) is 14.6. The first-order valence-corrected chi connectivity index (χ1v) is 9.41. The summed E-state index contributed by atoms with van der Waals surface area (Å²) in [5.41, 5.74) is 1.75. The van der Waals surface area contributed by atoms with Crippen LogP contribution in [-0.4, -0.2) is 37.6 Å². The van der Waals surface area contributed by atoms with E-state index < -0.39 is 0 Å². The van der Waals surface area contributed by atoms with Gasteiger partial charge in [-0.2, -0.15) is 0 Å². The highest BCUT2D eigenvalue weighted by Crippen LogP contribution is 2.17. The Morgan fingerprint density at radius 2 is 1.82 bits per heavy atom. The van der Waals surface area contributed by atoms with Gasteiger partial charge >= 0.3 is 0 Å². The minimum Gasteiger partial charge on any atom is -0.486 e. The van der Waals surface area contributed by atoms with Crippen LogP contribution in [0.4, 0.5) is 0 Å². The Morgan fingerprint density at radius 1 is 1.11 bits per heavy atom. The molecule has 1 amide bonds. The molecule has 7 nitrogen and oxygen atoms in total. The third kappa shape index (κ3) is 4.73. The lowest BCUT2D eigenvalue weighted by atomic mass is 10.1. The van der Waals surface area contributed by atoms with Crippen LogP contribution in [0.25, 0.3) is 0 Å². The molecule has 0 bridgehead atoms. The normalized spacial score (nSPS) is 10.9. The standard InChI is InChI=1S/C21H25N5O2/c1-4-25(14-17-8-6-5-7-9-17)21(27)18-10-12-19(13-11-18)28-15-20-22-23-24-26(20)16(2)3/h5-13,16H,4,14-15H2,1-3H3. The molecule has 2 aromatic carbocycles. The highest BCUT2D eigenvalue weighted by atomic mass is 16.5. The number of hydrogen-bond donors (Lipinski definition) is 0. The van der Waals surface area contributed by atoms with Gasteiger partial charge in [-0.15, -0.1) is 5.10 Å². The first-order valence-electron chi connectivity index (χ1n) is 9.41. The van der Waals surface area contributed by atoms with E-state index in [1.54, 1.807) is 28.9 Å². The molecule has 0 radical (unpaired) electrons. The van der Waals surface area contributed by atoms with E-state index in [1.807, 2.05) is 56.0 Å². The molecule has 28 heavy (non-hydrogen) atoms. The maximum Gasteiger partial charge on any atom is 0.254 e. The molecule has 0 unspecified atom stereocenters. The van der Waals surface area contributed by atoms with E-state index in [1.165, 1.54) is 0 Å². The van der Waals surface area contributed by atoms with Crippen LogP contribution < -0.4 is 4.74 Å². The number of benzene rings is 2. The van der Waals surface area contributed by atoms with Gasteiger partial charge in [0.1, 0.15) is 12.4 Å². The molecule has 0 aliphatic rings. The van der Waals surface area contributed by atoms with E-state index in [9.17, 15) is 4.79 Å². The fourth-order valence-corrected chi connectivity index (χ4v) is 2.86. The summed E-state index contributed by atoms with van der Waals surface area (Å²) in [5.74, 6) is 1.33. The number of ether oxygens (including phenoxy) is 1. The lowest BCUT2D eigenvalue weighted by molar-refractivity contribution is 0.0752. The second-order valence-corrected chi connectivity index (χ2v) is 6.75. The van der Waals surface area contributed by atoms with Crippen molar-refractivity contribution in [1.82, 2.24) is 25.1 Å². The van der Waals surface area contributed by atoms with Crippen molar-refractivity contribution >= 4 is 5.91 Å². The van der Waals surface area contributed by atoms with Crippen molar-refractivity contribution < 1.29 is 9.53 Å².